The minimum absolute atomic E-state index is 0.0865. The van der Waals surface area contributed by atoms with E-state index >= 15 is 0 Å². The van der Waals surface area contributed by atoms with Crippen LogP contribution in [-0.4, -0.2) is 29.3 Å². The number of hydrogen-bond acceptors (Lipinski definition) is 3. The van der Waals surface area contributed by atoms with Crippen LogP contribution in [0, 0.1) is 5.82 Å². The predicted octanol–water partition coefficient (Wildman–Crippen LogP) is 2.67. The summed E-state index contributed by atoms with van der Waals surface area (Å²) in [4.78, 5) is 13.1. The Hall–Kier alpha value is -1.78. The number of halogens is 1. The summed E-state index contributed by atoms with van der Waals surface area (Å²) >= 11 is 0. The molecule has 0 radical (unpaired) electrons. The number of aliphatic carboxylic acids is 1. The summed E-state index contributed by atoms with van der Waals surface area (Å²) in [6.07, 6.45) is 0.680. The van der Waals surface area contributed by atoms with Gasteiger partial charge in [0.25, 0.3) is 0 Å². The number of anilines is 1. The molecule has 1 unspecified atom stereocenters. The molecule has 1 aliphatic rings. The van der Waals surface area contributed by atoms with Gasteiger partial charge in [-0.15, -0.1) is 0 Å². The first-order chi connectivity index (χ1) is 8.86. The lowest BCUT2D eigenvalue weighted by Gasteiger charge is -2.43. The molecule has 0 saturated carbocycles. The Morgan fingerprint density at radius 2 is 2.26 bits per heavy atom. The maximum absolute atomic E-state index is 13.4. The topological polar surface area (TPSA) is 49.8 Å². The van der Waals surface area contributed by atoms with Crippen molar-refractivity contribution in [2.24, 2.45) is 0 Å². The van der Waals surface area contributed by atoms with Crippen molar-refractivity contribution < 1.29 is 19.0 Å². The van der Waals surface area contributed by atoms with Crippen LogP contribution in [0.1, 0.15) is 27.2 Å². The van der Waals surface area contributed by atoms with E-state index in [1.165, 1.54) is 12.1 Å². The highest BCUT2D eigenvalue weighted by atomic mass is 19.1. The number of ether oxygens (including phenoxy) is 1. The predicted molar refractivity (Wildman–Crippen MR) is 70.2 cm³/mol. The van der Waals surface area contributed by atoms with Gasteiger partial charge < -0.3 is 14.7 Å². The van der Waals surface area contributed by atoms with Gasteiger partial charge in [-0.1, -0.05) is 6.92 Å². The molecule has 1 N–H and O–H groups in total. The van der Waals surface area contributed by atoms with Gasteiger partial charge in [0.05, 0.1) is 12.2 Å². The van der Waals surface area contributed by atoms with E-state index in [9.17, 15) is 14.3 Å². The zero-order valence-electron chi connectivity index (χ0n) is 11.3. The summed E-state index contributed by atoms with van der Waals surface area (Å²) < 4.78 is 19.1. The fourth-order valence-corrected chi connectivity index (χ4v) is 2.18. The lowest BCUT2D eigenvalue weighted by Crippen LogP contribution is -2.55. The Bertz CT molecular complexity index is 501. The van der Waals surface area contributed by atoms with Gasteiger partial charge in [-0.2, -0.15) is 0 Å². The molecular formula is C14H18FNO3. The molecule has 1 heterocycles. The average molecular weight is 267 g/mol. The molecule has 4 nitrogen and oxygen atoms in total. The summed E-state index contributed by atoms with van der Waals surface area (Å²) in [5, 5.41) is 9.37. The van der Waals surface area contributed by atoms with Crippen LogP contribution < -0.4 is 9.64 Å². The van der Waals surface area contributed by atoms with Gasteiger partial charge in [0.15, 0.2) is 0 Å². The summed E-state index contributed by atoms with van der Waals surface area (Å²) in [6.45, 7) is 5.64. The van der Waals surface area contributed by atoms with Crippen LogP contribution >= 0.6 is 0 Å². The standard InChI is InChI=1S/C14H18FNO3/c1-4-10-8-16(14(2,3)13(17)18)11-7-9(15)5-6-12(11)19-10/h5-7,10H,4,8H2,1-3H3,(H,17,18). The highest BCUT2D eigenvalue weighted by molar-refractivity contribution is 5.84. The molecule has 1 aromatic rings. The minimum atomic E-state index is -1.11. The third-order valence-corrected chi connectivity index (χ3v) is 3.55. The lowest BCUT2D eigenvalue weighted by atomic mass is 9.99. The number of carboxylic acid groups (broad SMARTS) is 1. The van der Waals surface area contributed by atoms with E-state index in [1.807, 2.05) is 6.92 Å². The van der Waals surface area contributed by atoms with Crippen LogP contribution in [0.4, 0.5) is 10.1 Å². The van der Waals surface area contributed by atoms with E-state index in [-0.39, 0.29) is 6.10 Å². The van der Waals surface area contributed by atoms with Gasteiger partial charge in [-0.05, 0) is 32.4 Å². The third kappa shape index (κ3) is 2.37. The van der Waals surface area contributed by atoms with E-state index in [1.54, 1.807) is 24.8 Å². The van der Waals surface area contributed by atoms with Gasteiger partial charge in [-0.25, -0.2) is 9.18 Å². The van der Waals surface area contributed by atoms with Crippen molar-refractivity contribution in [3.05, 3.63) is 24.0 Å². The molecule has 2 rings (SSSR count). The molecule has 0 saturated heterocycles. The molecule has 104 valence electrons. The minimum Gasteiger partial charge on any atom is -0.486 e. The molecule has 0 aliphatic carbocycles. The van der Waals surface area contributed by atoms with Crippen molar-refractivity contribution in [1.82, 2.24) is 0 Å². The monoisotopic (exact) mass is 267 g/mol. The fraction of sp³-hybridized carbons (Fsp3) is 0.500. The molecule has 0 bridgehead atoms. The molecule has 19 heavy (non-hydrogen) atoms. The second-order valence-corrected chi connectivity index (χ2v) is 5.23. The maximum Gasteiger partial charge on any atom is 0.328 e. The SMILES string of the molecule is CCC1CN(C(C)(C)C(=O)O)c2cc(F)ccc2O1. The first-order valence-corrected chi connectivity index (χ1v) is 6.33. The first kappa shape index (κ1) is 13.6. The van der Waals surface area contributed by atoms with Gasteiger partial charge in [-0.3, -0.25) is 0 Å². The molecule has 1 aliphatic heterocycles. The van der Waals surface area contributed by atoms with Crippen LogP contribution in [0.2, 0.25) is 0 Å². The van der Waals surface area contributed by atoms with E-state index in [2.05, 4.69) is 0 Å². The van der Waals surface area contributed by atoms with Crippen molar-refractivity contribution >= 4 is 11.7 Å². The average Bonchev–Trinajstić information content (AvgIpc) is 2.37. The van der Waals surface area contributed by atoms with Crippen LogP contribution in [0.15, 0.2) is 18.2 Å². The summed E-state index contributed by atoms with van der Waals surface area (Å²) in [7, 11) is 0. The maximum atomic E-state index is 13.4. The van der Waals surface area contributed by atoms with Gasteiger partial charge >= 0.3 is 5.97 Å². The van der Waals surface area contributed by atoms with E-state index in [0.717, 1.165) is 6.42 Å². The van der Waals surface area contributed by atoms with Gasteiger partial charge in [0.1, 0.15) is 23.2 Å². The smallest absolute Gasteiger partial charge is 0.328 e. The summed E-state index contributed by atoms with van der Waals surface area (Å²) in [5.74, 6) is -0.809. The van der Waals surface area contributed by atoms with Crippen LogP contribution in [-0.2, 0) is 4.79 Å². The Balaban J connectivity index is 2.49. The first-order valence-electron chi connectivity index (χ1n) is 6.33. The number of carbonyl (C=O) groups is 1. The molecule has 0 spiro atoms. The molecular weight excluding hydrogens is 249 g/mol. The van der Waals surface area contributed by atoms with E-state index < -0.39 is 17.3 Å². The third-order valence-electron chi connectivity index (χ3n) is 3.55. The van der Waals surface area contributed by atoms with Crippen LogP contribution in [0.5, 0.6) is 5.75 Å². The molecule has 0 aromatic heterocycles. The number of rotatable bonds is 3. The summed E-state index contributed by atoms with van der Waals surface area (Å²) in [5.41, 5.74) is -0.614. The second kappa shape index (κ2) is 4.72. The van der Waals surface area contributed by atoms with Crippen LogP contribution in [0.3, 0.4) is 0 Å². The zero-order chi connectivity index (χ0) is 14.2. The highest BCUT2D eigenvalue weighted by Gasteiger charge is 2.40. The number of fused-ring (bicyclic) bond motifs is 1. The van der Waals surface area contributed by atoms with Crippen molar-refractivity contribution in [2.45, 2.75) is 38.8 Å². The van der Waals surface area contributed by atoms with Crippen molar-refractivity contribution in [3.63, 3.8) is 0 Å². The lowest BCUT2D eigenvalue weighted by molar-refractivity contribution is -0.142. The van der Waals surface area contributed by atoms with E-state index in [4.69, 9.17) is 4.74 Å². The van der Waals surface area contributed by atoms with Gasteiger partial charge in [0.2, 0.25) is 0 Å². The quantitative estimate of drug-likeness (QED) is 0.914. The normalized spacial score (nSPS) is 18.7. The Morgan fingerprint density at radius 3 is 2.84 bits per heavy atom. The largest absolute Gasteiger partial charge is 0.486 e. The zero-order valence-corrected chi connectivity index (χ0v) is 11.3. The fourth-order valence-electron chi connectivity index (χ4n) is 2.18. The van der Waals surface area contributed by atoms with Crippen LogP contribution in [0.25, 0.3) is 0 Å². The molecule has 5 heteroatoms. The Kier molecular flexibility index (Phi) is 3.39. The molecule has 0 amide bonds. The summed E-state index contributed by atoms with van der Waals surface area (Å²) in [6, 6.07) is 4.20. The van der Waals surface area contributed by atoms with Crippen molar-refractivity contribution in [2.75, 3.05) is 11.4 Å². The van der Waals surface area contributed by atoms with E-state index in [0.29, 0.717) is 18.0 Å². The molecule has 1 atom stereocenters. The number of hydrogen-bond donors (Lipinski definition) is 1. The highest BCUT2D eigenvalue weighted by Crippen LogP contribution is 2.38. The van der Waals surface area contributed by atoms with Crippen molar-refractivity contribution in [3.8, 4) is 5.75 Å². The Morgan fingerprint density at radius 1 is 1.58 bits per heavy atom. The van der Waals surface area contributed by atoms with Crippen molar-refractivity contribution in [1.29, 1.82) is 0 Å². The molecule has 1 aromatic carbocycles. The van der Waals surface area contributed by atoms with Gasteiger partial charge in [0, 0.05) is 6.07 Å². The Labute approximate surface area is 111 Å². The number of carboxylic acids is 1. The molecule has 0 fully saturated rings. The number of benzene rings is 1. The number of nitrogens with zero attached hydrogens (tertiary/aromatic N) is 1. The second-order valence-electron chi connectivity index (χ2n) is 5.23.